The average molecular weight is 296 g/mol. The highest BCUT2D eigenvalue weighted by molar-refractivity contribution is 5.50. The highest BCUT2D eigenvalue weighted by Crippen LogP contribution is 2.39. The van der Waals surface area contributed by atoms with E-state index in [9.17, 15) is 17.6 Å². The zero-order valence-corrected chi connectivity index (χ0v) is 10.4. The van der Waals surface area contributed by atoms with Crippen molar-refractivity contribution in [3.8, 4) is 17.6 Å². The molecular weight excluding hydrogens is 288 g/mol. The number of nitriles is 1. The molecule has 2 aromatic carbocycles. The summed E-state index contributed by atoms with van der Waals surface area (Å²) in [5, 5.41) is 8.60. The molecule has 3 nitrogen and oxygen atoms in total. The van der Waals surface area contributed by atoms with E-state index in [1.807, 2.05) is 0 Å². The summed E-state index contributed by atoms with van der Waals surface area (Å²) in [4.78, 5) is 0. The number of anilines is 1. The molecule has 0 radical (unpaired) electrons. The number of ether oxygens (including phenoxy) is 1. The van der Waals surface area contributed by atoms with Crippen molar-refractivity contribution in [3.05, 3.63) is 53.3 Å². The maximum absolute atomic E-state index is 13.6. The normalized spacial score (nSPS) is 11.0. The smallest absolute Gasteiger partial charge is 0.420 e. The lowest BCUT2D eigenvalue weighted by molar-refractivity contribution is -0.138. The predicted octanol–water partition coefficient (Wildman–Crippen LogP) is 4.09. The second kappa shape index (κ2) is 5.32. The Morgan fingerprint density at radius 1 is 1.05 bits per heavy atom. The van der Waals surface area contributed by atoms with Gasteiger partial charge in [0.15, 0.2) is 11.6 Å². The van der Waals surface area contributed by atoms with Gasteiger partial charge in [-0.15, -0.1) is 0 Å². The van der Waals surface area contributed by atoms with E-state index in [2.05, 4.69) is 0 Å². The van der Waals surface area contributed by atoms with Crippen LogP contribution in [0, 0.1) is 17.1 Å². The molecule has 2 N–H and O–H groups in total. The quantitative estimate of drug-likeness (QED) is 0.670. The van der Waals surface area contributed by atoms with Crippen LogP contribution in [0.5, 0.6) is 11.5 Å². The Morgan fingerprint density at radius 3 is 2.29 bits per heavy atom. The Morgan fingerprint density at radius 2 is 1.71 bits per heavy atom. The van der Waals surface area contributed by atoms with Crippen molar-refractivity contribution < 1.29 is 22.3 Å². The Kier molecular flexibility index (Phi) is 3.72. The van der Waals surface area contributed by atoms with Gasteiger partial charge in [0, 0.05) is 5.69 Å². The number of nitrogen functional groups attached to an aromatic ring is 1. The second-order valence-electron chi connectivity index (χ2n) is 4.11. The molecule has 0 spiro atoms. The molecule has 7 heteroatoms. The minimum Gasteiger partial charge on any atom is -0.454 e. The minimum absolute atomic E-state index is 0.0354. The van der Waals surface area contributed by atoms with Crippen LogP contribution in [-0.4, -0.2) is 0 Å². The molecule has 2 aromatic rings. The van der Waals surface area contributed by atoms with Crippen molar-refractivity contribution in [1.29, 1.82) is 5.26 Å². The summed E-state index contributed by atoms with van der Waals surface area (Å²) >= 11 is 0. The third-order valence-corrected chi connectivity index (χ3v) is 2.59. The van der Waals surface area contributed by atoms with Gasteiger partial charge in [-0.1, -0.05) is 0 Å². The van der Waals surface area contributed by atoms with Gasteiger partial charge in [-0.05, 0) is 36.4 Å². The summed E-state index contributed by atoms with van der Waals surface area (Å²) in [6, 6.07) is 7.84. The lowest BCUT2D eigenvalue weighted by atomic mass is 10.1. The highest BCUT2D eigenvalue weighted by Gasteiger charge is 2.35. The van der Waals surface area contributed by atoms with E-state index in [1.165, 1.54) is 12.1 Å². The molecule has 21 heavy (non-hydrogen) atoms. The maximum Gasteiger partial charge on any atom is 0.420 e. The van der Waals surface area contributed by atoms with Crippen LogP contribution in [0.2, 0.25) is 0 Å². The largest absolute Gasteiger partial charge is 0.454 e. The molecule has 0 heterocycles. The van der Waals surface area contributed by atoms with Gasteiger partial charge < -0.3 is 10.5 Å². The number of nitrogens with zero attached hydrogens (tertiary/aromatic N) is 1. The number of rotatable bonds is 2. The van der Waals surface area contributed by atoms with Gasteiger partial charge in [0.25, 0.3) is 0 Å². The molecule has 108 valence electrons. The number of hydrogen-bond donors (Lipinski definition) is 1. The first-order valence-corrected chi connectivity index (χ1v) is 5.65. The number of nitrogens with two attached hydrogens (primary N) is 1. The third-order valence-electron chi connectivity index (χ3n) is 2.59. The van der Waals surface area contributed by atoms with Crippen LogP contribution in [-0.2, 0) is 6.18 Å². The van der Waals surface area contributed by atoms with Gasteiger partial charge >= 0.3 is 6.18 Å². The van der Waals surface area contributed by atoms with Crippen LogP contribution in [0.1, 0.15) is 11.1 Å². The van der Waals surface area contributed by atoms with Crippen LogP contribution < -0.4 is 10.5 Å². The Labute approximate surface area is 117 Å². The number of halogens is 4. The van der Waals surface area contributed by atoms with Crippen LogP contribution in [0.4, 0.5) is 23.2 Å². The van der Waals surface area contributed by atoms with Crippen molar-refractivity contribution in [1.82, 2.24) is 0 Å². The molecule has 0 saturated heterocycles. The molecule has 0 aromatic heterocycles. The molecule has 0 aliphatic rings. The fourth-order valence-corrected chi connectivity index (χ4v) is 1.63. The maximum atomic E-state index is 13.6. The van der Waals surface area contributed by atoms with Crippen molar-refractivity contribution in [3.63, 3.8) is 0 Å². The van der Waals surface area contributed by atoms with Gasteiger partial charge in [-0.3, -0.25) is 0 Å². The minimum atomic E-state index is -4.69. The van der Waals surface area contributed by atoms with Crippen molar-refractivity contribution in [2.45, 2.75) is 6.18 Å². The van der Waals surface area contributed by atoms with Crippen LogP contribution >= 0.6 is 0 Å². The summed E-state index contributed by atoms with van der Waals surface area (Å²) in [5.41, 5.74) is 4.16. The number of benzene rings is 2. The zero-order valence-electron chi connectivity index (χ0n) is 10.4. The molecule has 0 atom stereocenters. The lowest BCUT2D eigenvalue weighted by Crippen LogP contribution is -2.08. The van der Waals surface area contributed by atoms with Gasteiger partial charge in [-0.2, -0.15) is 18.4 Å². The van der Waals surface area contributed by atoms with E-state index in [0.717, 1.165) is 18.2 Å². The summed E-state index contributed by atoms with van der Waals surface area (Å²) in [7, 11) is 0. The van der Waals surface area contributed by atoms with Crippen molar-refractivity contribution in [2.24, 2.45) is 0 Å². The molecular formula is C14H8F4N2O. The molecule has 0 fully saturated rings. The average Bonchev–Trinajstić information content (AvgIpc) is 2.41. The monoisotopic (exact) mass is 296 g/mol. The summed E-state index contributed by atoms with van der Waals surface area (Å²) < 4.78 is 57.2. The number of hydrogen-bond acceptors (Lipinski definition) is 3. The van der Waals surface area contributed by atoms with E-state index in [0.29, 0.717) is 6.07 Å². The van der Waals surface area contributed by atoms with E-state index in [4.69, 9.17) is 15.7 Å². The van der Waals surface area contributed by atoms with Crippen LogP contribution in [0.15, 0.2) is 36.4 Å². The van der Waals surface area contributed by atoms with Gasteiger partial charge in [-0.25, -0.2) is 4.39 Å². The zero-order chi connectivity index (χ0) is 15.6. The van der Waals surface area contributed by atoms with Gasteiger partial charge in [0.2, 0.25) is 0 Å². The Bertz CT molecular complexity index is 720. The molecule has 0 bridgehead atoms. The summed E-state index contributed by atoms with van der Waals surface area (Å²) in [6.07, 6.45) is -4.69. The lowest BCUT2D eigenvalue weighted by Gasteiger charge is -2.14. The SMILES string of the molecule is N#Cc1ccc(Oc2ccc(N)cc2C(F)(F)F)c(F)c1. The van der Waals surface area contributed by atoms with E-state index >= 15 is 0 Å². The van der Waals surface area contributed by atoms with Gasteiger partial charge in [0.05, 0.1) is 11.6 Å². The van der Waals surface area contributed by atoms with E-state index in [-0.39, 0.29) is 11.3 Å². The Balaban J connectivity index is 2.43. The molecule has 0 unspecified atom stereocenters. The molecule has 0 aliphatic heterocycles. The standard InChI is InChI=1S/C14H8F4N2O/c15-11-5-8(7-19)1-3-13(11)21-12-4-2-9(20)6-10(12)14(16,17)18/h1-6H,20H2. The van der Waals surface area contributed by atoms with Crippen LogP contribution in [0.25, 0.3) is 0 Å². The molecule has 2 rings (SSSR count). The molecule has 0 amide bonds. The van der Waals surface area contributed by atoms with Crippen LogP contribution in [0.3, 0.4) is 0 Å². The topological polar surface area (TPSA) is 59.0 Å². The fraction of sp³-hybridized carbons (Fsp3) is 0.0714. The fourth-order valence-electron chi connectivity index (χ4n) is 1.63. The van der Waals surface area contributed by atoms with Crippen molar-refractivity contribution >= 4 is 5.69 Å². The molecule has 0 saturated carbocycles. The summed E-state index contributed by atoms with van der Waals surface area (Å²) in [5.74, 6) is -1.91. The van der Waals surface area contributed by atoms with Crippen molar-refractivity contribution in [2.75, 3.05) is 5.73 Å². The second-order valence-corrected chi connectivity index (χ2v) is 4.11. The first kappa shape index (κ1) is 14.7. The van der Waals surface area contributed by atoms with E-state index in [1.54, 1.807) is 6.07 Å². The van der Waals surface area contributed by atoms with E-state index < -0.39 is 29.1 Å². The highest BCUT2D eigenvalue weighted by atomic mass is 19.4. The number of alkyl halides is 3. The third kappa shape index (κ3) is 3.23. The Hall–Kier alpha value is -2.75. The summed E-state index contributed by atoms with van der Waals surface area (Å²) in [6.45, 7) is 0. The predicted molar refractivity (Wildman–Crippen MR) is 67.0 cm³/mol. The first-order valence-electron chi connectivity index (χ1n) is 5.65. The molecule has 0 aliphatic carbocycles. The van der Waals surface area contributed by atoms with Gasteiger partial charge in [0.1, 0.15) is 11.3 Å². The first-order chi connectivity index (χ1) is 9.81.